The molecule has 4 rings (SSSR count). The van der Waals surface area contributed by atoms with Gasteiger partial charge in [0, 0.05) is 22.8 Å². The molecule has 1 fully saturated rings. The maximum Gasteiger partial charge on any atom is 0.266 e. The number of carbonyl (C=O) groups is 2. The van der Waals surface area contributed by atoms with Crippen molar-refractivity contribution in [2.24, 2.45) is 23.2 Å². The van der Waals surface area contributed by atoms with Crippen molar-refractivity contribution in [1.29, 1.82) is 0 Å². The fraction of sp³-hybridized carbons (Fsp3) is 0.415. The zero-order valence-electron chi connectivity index (χ0n) is 30.1. The maximum atomic E-state index is 13.9. The number of carbonyl (C=O) groups excluding carboxylic acids is 2. The minimum atomic E-state index is -4.17. The summed E-state index contributed by atoms with van der Waals surface area (Å²) in [5.41, 5.74) is 7.72. The zero-order chi connectivity index (χ0) is 36.6. The molecule has 0 unspecified atom stereocenters. The number of hydrogen-bond donors (Lipinski definition) is 3. The highest BCUT2D eigenvalue weighted by atomic mass is 35.5. The molecule has 9 heteroatoms. The smallest absolute Gasteiger partial charge is 0.266 e. The summed E-state index contributed by atoms with van der Waals surface area (Å²) in [5.74, 6) is -0.310. The van der Waals surface area contributed by atoms with Gasteiger partial charge < -0.3 is 10.6 Å². The van der Waals surface area contributed by atoms with Crippen LogP contribution in [-0.2, 0) is 21.3 Å². The van der Waals surface area contributed by atoms with Gasteiger partial charge in [-0.2, -0.15) is 8.42 Å². The number of anilines is 1. The quantitative estimate of drug-likeness (QED) is 0.128. The van der Waals surface area contributed by atoms with Gasteiger partial charge in [-0.3, -0.25) is 14.1 Å². The van der Waals surface area contributed by atoms with Crippen LogP contribution in [0.1, 0.15) is 81.8 Å². The van der Waals surface area contributed by atoms with Gasteiger partial charge in [-0.15, -0.1) is 0 Å². The molecule has 2 amide bonds. The molecule has 3 aromatic rings. The fourth-order valence-electron chi connectivity index (χ4n) is 6.73. The van der Waals surface area contributed by atoms with Crippen molar-refractivity contribution in [3.63, 3.8) is 0 Å². The summed E-state index contributed by atoms with van der Waals surface area (Å²) >= 11 is 6.15. The van der Waals surface area contributed by atoms with E-state index in [9.17, 15) is 18.0 Å². The van der Waals surface area contributed by atoms with E-state index in [0.717, 1.165) is 33.7 Å². The average Bonchev–Trinajstić information content (AvgIpc) is 3.05. The first-order valence-electron chi connectivity index (χ1n) is 17.3. The van der Waals surface area contributed by atoms with Crippen molar-refractivity contribution in [1.82, 2.24) is 5.32 Å². The fourth-order valence-corrected chi connectivity index (χ4v) is 7.31. The third-order valence-corrected chi connectivity index (χ3v) is 11.0. The summed E-state index contributed by atoms with van der Waals surface area (Å²) in [6.07, 6.45) is 9.52. The molecule has 0 radical (unpaired) electrons. The number of allylic oxidation sites excluding steroid dienone is 3. The first-order valence-corrected chi connectivity index (χ1v) is 19.3. The van der Waals surface area contributed by atoms with Crippen LogP contribution >= 0.6 is 11.6 Å². The van der Waals surface area contributed by atoms with E-state index in [1.54, 1.807) is 12.1 Å². The number of rotatable bonds is 12. The van der Waals surface area contributed by atoms with Gasteiger partial charge in [0.15, 0.2) is 0 Å². The van der Waals surface area contributed by atoms with E-state index in [4.69, 9.17) is 16.2 Å². The molecule has 0 saturated heterocycles. The lowest BCUT2D eigenvalue weighted by Crippen LogP contribution is -2.29. The van der Waals surface area contributed by atoms with Crippen molar-refractivity contribution in [2.75, 3.05) is 17.6 Å². The maximum absolute atomic E-state index is 13.9. The van der Waals surface area contributed by atoms with E-state index in [0.29, 0.717) is 34.0 Å². The Hall–Kier alpha value is -3.72. The molecule has 0 spiro atoms. The second-order valence-corrected chi connectivity index (χ2v) is 16.8. The van der Waals surface area contributed by atoms with Crippen LogP contribution in [0, 0.1) is 30.1 Å². The summed E-state index contributed by atoms with van der Waals surface area (Å²) in [4.78, 5) is 26.4. The Kier molecular flexibility index (Phi) is 13.3. The minimum Gasteiger partial charge on any atom is -0.351 e. The molecule has 7 nitrogen and oxygen atoms in total. The molecule has 0 aliphatic heterocycles. The van der Waals surface area contributed by atoms with Crippen LogP contribution < -0.4 is 10.6 Å². The Labute approximate surface area is 303 Å². The van der Waals surface area contributed by atoms with Crippen LogP contribution in [0.25, 0.3) is 11.1 Å². The van der Waals surface area contributed by atoms with Gasteiger partial charge in [-0.1, -0.05) is 86.0 Å². The van der Waals surface area contributed by atoms with Crippen molar-refractivity contribution in [2.45, 2.75) is 73.6 Å². The lowest BCUT2D eigenvalue weighted by Gasteiger charge is -2.37. The Morgan fingerprint density at radius 1 is 0.940 bits per heavy atom. The number of halogens is 1. The Balaban J connectivity index is 1.51. The highest BCUT2D eigenvalue weighted by Crippen LogP contribution is 2.41. The minimum absolute atomic E-state index is 0.127. The number of amides is 2. The molecular formula is C41H51ClN2O5S. The third-order valence-electron chi connectivity index (χ3n) is 10.0. The number of hydrogen-bond acceptors (Lipinski definition) is 4. The molecule has 0 bridgehead atoms. The van der Waals surface area contributed by atoms with E-state index in [2.05, 4.69) is 50.5 Å². The number of benzene rings is 3. The summed E-state index contributed by atoms with van der Waals surface area (Å²) in [5, 5.41) is 6.32. The Bertz CT molecular complexity index is 1820. The molecule has 50 heavy (non-hydrogen) atoms. The molecule has 1 saturated carbocycles. The van der Waals surface area contributed by atoms with E-state index in [-0.39, 0.29) is 12.5 Å². The summed E-state index contributed by atoms with van der Waals surface area (Å²) in [6.45, 7) is 13.0. The number of nitrogens with one attached hydrogen (secondary N) is 2. The summed E-state index contributed by atoms with van der Waals surface area (Å²) < 4.78 is 30.9. The molecule has 1 aliphatic carbocycles. The van der Waals surface area contributed by atoms with Gasteiger partial charge in [-0.05, 0) is 129 Å². The average molecular weight is 719 g/mol. The highest BCUT2D eigenvalue weighted by molar-refractivity contribution is 7.85. The second-order valence-electron chi connectivity index (χ2n) is 14.8. The Morgan fingerprint density at radius 2 is 1.58 bits per heavy atom. The predicted molar refractivity (Wildman–Crippen MR) is 205 cm³/mol. The van der Waals surface area contributed by atoms with E-state index < -0.39 is 27.7 Å². The molecule has 1 aliphatic rings. The SMILES string of the molecule is C/C(=C\C=C(/C)[C@@H](Cc1ccc(C(=O)NCCS(=O)(=O)O)cc1)C(=O)Nc1ccc(-c2ccc(Cl)cc2C)cc1)C1CCC(C(C)(C)C)CC1. The third kappa shape index (κ3) is 11.4. The molecular weight excluding hydrogens is 668 g/mol. The van der Waals surface area contributed by atoms with Crippen LogP contribution in [0.3, 0.4) is 0 Å². The summed E-state index contributed by atoms with van der Waals surface area (Å²) in [6, 6.07) is 20.5. The molecule has 0 heterocycles. The largest absolute Gasteiger partial charge is 0.351 e. The molecule has 0 aromatic heterocycles. The Morgan fingerprint density at radius 3 is 2.16 bits per heavy atom. The molecule has 3 N–H and O–H groups in total. The van der Waals surface area contributed by atoms with Crippen molar-refractivity contribution >= 4 is 39.2 Å². The van der Waals surface area contributed by atoms with Gasteiger partial charge in [0.25, 0.3) is 16.0 Å². The molecule has 268 valence electrons. The molecule has 1 atom stereocenters. The normalized spacial score (nSPS) is 18.0. The topological polar surface area (TPSA) is 113 Å². The number of aryl methyl sites for hydroxylation is 1. The van der Waals surface area contributed by atoms with Gasteiger partial charge in [0.05, 0.1) is 11.7 Å². The van der Waals surface area contributed by atoms with Crippen LogP contribution in [0.2, 0.25) is 5.02 Å². The summed E-state index contributed by atoms with van der Waals surface area (Å²) in [7, 11) is -4.17. The second kappa shape index (κ2) is 17.0. The van der Waals surface area contributed by atoms with Crippen LogP contribution in [0.4, 0.5) is 5.69 Å². The van der Waals surface area contributed by atoms with Gasteiger partial charge >= 0.3 is 0 Å². The lowest BCUT2D eigenvalue weighted by molar-refractivity contribution is -0.118. The van der Waals surface area contributed by atoms with Gasteiger partial charge in [0.1, 0.15) is 0 Å². The molecule has 3 aromatic carbocycles. The first-order chi connectivity index (χ1) is 23.5. The van der Waals surface area contributed by atoms with E-state index in [1.807, 2.05) is 68.4 Å². The van der Waals surface area contributed by atoms with Gasteiger partial charge in [-0.25, -0.2) is 0 Å². The standard InChI is InChI=1S/C41H51ClN2O5S/c1-27(31-13-17-34(18-14-31)41(4,5)6)7-8-28(2)38(26-30-9-11-33(12-10-30)39(45)43-23-24-50(47,48)49)40(46)44-36-20-15-32(16-21-36)37-22-19-35(42)25-29(37)3/h7-12,15-16,19-22,25,31,34,38H,13-14,17-18,23-24,26H2,1-6H3,(H,43,45)(H,44,46)(H,47,48,49)/b27-7+,28-8+/t31?,34?,38-/m1/s1. The van der Waals surface area contributed by atoms with Crippen molar-refractivity contribution in [3.8, 4) is 11.1 Å². The van der Waals surface area contributed by atoms with E-state index >= 15 is 0 Å². The zero-order valence-corrected chi connectivity index (χ0v) is 31.6. The van der Waals surface area contributed by atoms with Crippen molar-refractivity contribution < 1.29 is 22.6 Å². The monoisotopic (exact) mass is 718 g/mol. The van der Waals surface area contributed by atoms with Crippen LogP contribution in [0.5, 0.6) is 0 Å². The van der Waals surface area contributed by atoms with Crippen LogP contribution in [0.15, 0.2) is 90.0 Å². The van der Waals surface area contributed by atoms with Crippen LogP contribution in [-0.4, -0.2) is 37.1 Å². The predicted octanol–water partition coefficient (Wildman–Crippen LogP) is 9.48. The highest BCUT2D eigenvalue weighted by Gasteiger charge is 2.30. The van der Waals surface area contributed by atoms with E-state index in [1.165, 1.54) is 31.3 Å². The van der Waals surface area contributed by atoms with Crippen molar-refractivity contribution in [3.05, 3.63) is 112 Å². The van der Waals surface area contributed by atoms with Gasteiger partial charge in [0.2, 0.25) is 5.91 Å². The lowest BCUT2D eigenvalue weighted by atomic mass is 9.68. The first kappa shape index (κ1) is 39.1.